The predicted molar refractivity (Wildman–Crippen MR) is 66.4 cm³/mol. The second kappa shape index (κ2) is 4.50. The molecule has 17 heavy (non-hydrogen) atoms. The molecule has 90 valence electrons. The van der Waals surface area contributed by atoms with Crippen LogP contribution < -0.4 is 0 Å². The van der Waals surface area contributed by atoms with E-state index in [1.807, 2.05) is 11.5 Å². The highest BCUT2D eigenvalue weighted by Gasteiger charge is 2.10. The average Bonchev–Trinajstić information content (AvgIpc) is 2.76. The molecule has 0 unspecified atom stereocenters. The number of rotatable bonds is 3. The summed E-state index contributed by atoms with van der Waals surface area (Å²) < 4.78 is 24.2. The summed E-state index contributed by atoms with van der Waals surface area (Å²) in [6.45, 7) is 2.83. The van der Waals surface area contributed by atoms with E-state index in [1.165, 1.54) is 12.1 Å². The van der Waals surface area contributed by atoms with E-state index in [2.05, 4.69) is 4.98 Å². The number of halogens is 1. The molecule has 0 radical (unpaired) electrons. The lowest BCUT2D eigenvalue weighted by atomic mass is 10.2. The predicted octanol–water partition coefficient (Wildman–Crippen LogP) is 2.50. The molecule has 0 atom stereocenters. The van der Waals surface area contributed by atoms with Gasteiger partial charge in [-0.25, -0.2) is 13.4 Å². The monoisotopic (exact) mass is 270 g/mol. The molecule has 0 amide bonds. The van der Waals surface area contributed by atoms with E-state index in [9.17, 15) is 8.42 Å². The van der Waals surface area contributed by atoms with Gasteiger partial charge in [-0.1, -0.05) is 12.1 Å². The number of hydrogen-bond acceptors (Lipinski definition) is 3. The Balaban J connectivity index is 2.43. The Labute approximate surface area is 104 Å². The standard InChI is InChI=1S/C11H11ClN2O2S/c1-2-14-8-13-7-11(14)9-3-5-10(6-4-9)17(12,15)16/h3-8H,2H2,1H3. The molecular weight excluding hydrogens is 260 g/mol. The molecule has 1 aromatic carbocycles. The molecule has 0 aliphatic heterocycles. The fourth-order valence-electron chi connectivity index (χ4n) is 1.60. The lowest BCUT2D eigenvalue weighted by Gasteiger charge is -2.05. The fraction of sp³-hybridized carbons (Fsp3) is 0.182. The van der Waals surface area contributed by atoms with Gasteiger partial charge in [0, 0.05) is 17.2 Å². The Morgan fingerprint density at radius 1 is 1.29 bits per heavy atom. The van der Waals surface area contributed by atoms with Crippen molar-refractivity contribution in [3.63, 3.8) is 0 Å². The zero-order chi connectivity index (χ0) is 12.5. The second-order valence-corrected chi connectivity index (χ2v) is 6.09. The summed E-state index contributed by atoms with van der Waals surface area (Å²) in [5, 5.41) is 0. The van der Waals surface area contributed by atoms with Crippen LogP contribution >= 0.6 is 10.7 Å². The first-order valence-corrected chi connectivity index (χ1v) is 7.38. The van der Waals surface area contributed by atoms with Gasteiger partial charge in [-0.2, -0.15) is 0 Å². The van der Waals surface area contributed by atoms with Crippen molar-refractivity contribution in [3.05, 3.63) is 36.8 Å². The topological polar surface area (TPSA) is 52.0 Å². The molecule has 0 saturated carbocycles. The van der Waals surface area contributed by atoms with Crippen molar-refractivity contribution >= 4 is 19.7 Å². The highest BCUT2D eigenvalue weighted by atomic mass is 35.7. The third kappa shape index (κ3) is 2.50. The largest absolute Gasteiger partial charge is 0.331 e. The van der Waals surface area contributed by atoms with Gasteiger partial charge in [0.25, 0.3) is 9.05 Å². The molecule has 6 heteroatoms. The van der Waals surface area contributed by atoms with Crippen molar-refractivity contribution in [2.24, 2.45) is 0 Å². The summed E-state index contributed by atoms with van der Waals surface area (Å²) in [5.41, 5.74) is 1.86. The maximum atomic E-state index is 11.1. The van der Waals surface area contributed by atoms with E-state index in [4.69, 9.17) is 10.7 Å². The van der Waals surface area contributed by atoms with E-state index in [-0.39, 0.29) is 4.90 Å². The summed E-state index contributed by atoms with van der Waals surface area (Å²) in [6.07, 6.45) is 3.48. The van der Waals surface area contributed by atoms with E-state index in [0.29, 0.717) is 0 Å². The molecule has 0 fully saturated rings. The number of benzene rings is 1. The average molecular weight is 271 g/mol. The minimum atomic E-state index is -3.65. The van der Waals surface area contributed by atoms with Gasteiger partial charge >= 0.3 is 0 Å². The Bertz CT molecular complexity index is 617. The van der Waals surface area contributed by atoms with Crippen LogP contribution in [-0.4, -0.2) is 18.0 Å². The quantitative estimate of drug-likeness (QED) is 0.805. The summed E-state index contributed by atoms with van der Waals surface area (Å²) >= 11 is 0. The minimum absolute atomic E-state index is 0.102. The fourth-order valence-corrected chi connectivity index (χ4v) is 2.37. The molecule has 0 aliphatic rings. The highest BCUT2D eigenvalue weighted by Crippen LogP contribution is 2.22. The number of hydrogen-bond donors (Lipinski definition) is 0. The second-order valence-electron chi connectivity index (χ2n) is 3.53. The van der Waals surface area contributed by atoms with Crippen LogP contribution in [0.5, 0.6) is 0 Å². The molecule has 2 rings (SSSR count). The summed E-state index contributed by atoms with van der Waals surface area (Å²) in [5.74, 6) is 0. The molecule has 0 spiro atoms. The van der Waals surface area contributed by atoms with Crippen LogP contribution in [0.15, 0.2) is 41.7 Å². The van der Waals surface area contributed by atoms with Crippen molar-refractivity contribution < 1.29 is 8.42 Å². The van der Waals surface area contributed by atoms with Crippen LogP contribution in [0.2, 0.25) is 0 Å². The number of imidazole rings is 1. The smallest absolute Gasteiger partial charge is 0.261 e. The van der Waals surface area contributed by atoms with Crippen molar-refractivity contribution in [1.82, 2.24) is 9.55 Å². The number of aryl methyl sites for hydroxylation is 1. The van der Waals surface area contributed by atoms with E-state index >= 15 is 0 Å². The molecular formula is C11H11ClN2O2S. The highest BCUT2D eigenvalue weighted by molar-refractivity contribution is 8.13. The third-order valence-corrected chi connectivity index (χ3v) is 3.85. The number of aromatic nitrogens is 2. The van der Waals surface area contributed by atoms with Crippen molar-refractivity contribution in [3.8, 4) is 11.3 Å². The van der Waals surface area contributed by atoms with Gasteiger partial charge in [0.05, 0.1) is 23.1 Å². The van der Waals surface area contributed by atoms with Crippen molar-refractivity contribution in [2.75, 3.05) is 0 Å². The van der Waals surface area contributed by atoms with Gasteiger partial charge in [-0.15, -0.1) is 0 Å². The lowest BCUT2D eigenvalue weighted by Crippen LogP contribution is -1.95. The molecule has 1 aromatic heterocycles. The van der Waals surface area contributed by atoms with Gasteiger partial charge in [0.2, 0.25) is 0 Å². The van der Waals surface area contributed by atoms with Crippen LogP contribution in [0.1, 0.15) is 6.92 Å². The van der Waals surface area contributed by atoms with Gasteiger partial charge in [0.15, 0.2) is 0 Å². The number of nitrogens with zero attached hydrogens (tertiary/aromatic N) is 2. The molecule has 2 aromatic rings. The molecule has 4 nitrogen and oxygen atoms in total. The molecule has 1 heterocycles. The summed E-state index contributed by atoms with van der Waals surface area (Å²) in [4.78, 5) is 4.16. The normalized spacial score (nSPS) is 11.6. The first-order valence-electron chi connectivity index (χ1n) is 5.07. The third-order valence-electron chi connectivity index (χ3n) is 2.48. The van der Waals surface area contributed by atoms with Gasteiger partial charge in [-0.3, -0.25) is 0 Å². The Morgan fingerprint density at radius 3 is 2.47 bits per heavy atom. The SMILES string of the molecule is CCn1cncc1-c1ccc(S(=O)(=O)Cl)cc1. The van der Waals surface area contributed by atoms with Crippen LogP contribution in [0.3, 0.4) is 0 Å². The molecule has 0 bridgehead atoms. The van der Waals surface area contributed by atoms with Crippen molar-refractivity contribution in [1.29, 1.82) is 0 Å². The maximum absolute atomic E-state index is 11.1. The van der Waals surface area contributed by atoms with Gasteiger partial charge < -0.3 is 4.57 Å². The molecule has 0 aliphatic carbocycles. The molecule has 0 saturated heterocycles. The summed E-state index contributed by atoms with van der Waals surface area (Å²) in [7, 11) is 1.59. The molecule has 0 N–H and O–H groups in total. The van der Waals surface area contributed by atoms with E-state index in [1.54, 1.807) is 24.7 Å². The van der Waals surface area contributed by atoms with Gasteiger partial charge in [-0.05, 0) is 24.6 Å². The zero-order valence-corrected chi connectivity index (χ0v) is 10.7. The van der Waals surface area contributed by atoms with Crippen molar-refractivity contribution in [2.45, 2.75) is 18.4 Å². The lowest BCUT2D eigenvalue weighted by molar-refractivity contribution is 0.609. The summed E-state index contributed by atoms with van der Waals surface area (Å²) in [6, 6.07) is 6.42. The van der Waals surface area contributed by atoms with Crippen LogP contribution in [0.25, 0.3) is 11.3 Å². The van der Waals surface area contributed by atoms with Crippen LogP contribution in [0.4, 0.5) is 0 Å². The maximum Gasteiger partial charge on any atom is 0.261 e. The van der Waals surface area contributed by atoms with E-state index < -0.39 is 9.05 Å². The zero-order valence-electron chi connectivity index (χ0n) is 9.17. The Kier molecular flexibility index (Phi) is 3.22. The van der Waals surface area contributed by atoms with Crippen LogP contribution in [-0.2, 0) is 15.6 Å². The Morgan fingerprint density at radius 2 is 1.94 bits per heavy atom. The Hall–Kier alpha value is -1.33. The van der Waals surface area contributed by atoms with Gasteiger partial charge in [0.1, 0.15) is 0 Å². The van der Waals surface area contributed by atoms with Crippen LogP contribution in [0, 0.1) is 0 Å². The first kappa shape index (κ1) is 12.1. The first-order chi connectivity index (χ1) is 8.02. The minimum Gasteiger partial charge on any atom is -0.331 e. The van der Waals surface area contributed by atoms with E-state index in [0.717, 1.165) is 17.8 Å².